The minimum atomic E-state index is -1.20. The van der Waals surface area contributed by atoms with E-state index >= 15 is 0 Å². The minimum Gasteiger partial charge on any atom is -0.469 e. The standard InChI is InChI=1S/C20H22FN7O2/c1-2-17(29)27-8-6-15(21)16(11-27)30-19-14-5-7-22-18(14)25-20(26-19)24-12-9-23-28(10-12)13-3-4-13/h2,5,7,9-10,13,15-16H,1,3-4,6,8,11H2,(H2,22,24,25,26)/t15-,16+/m0/s1. The molecule has 10 heteroatoms. The molecule has 0 bridgehead atoms. The van der Waals surface area contributed by atoms with Crippen molar-refractivity contribution in [2.24, 2.45) is 0 Å². The number of alkyl halides is 1. The third-order valence-electron chi connectivity index (χ3n) is 5.39. The van der Waals surface area contributed by atoms with E-state index in [-0.39, 0.29) is 24.8 Å². The van der Waals surface area contributed by atoms with E-state index in [1.807, 2.05) is 10.9 Å². The molecule has 1 amide bonds. The molecular weight excluding hydrogens is 389 g/mol. The van der Waals surface area contributed by atoms with Crippen LogP contribution in [-0.2, 0) is 4.79 Å². The number of nitrogens with zero attached hydrogens (tertiary/aromatic N) is 5. The lowest BCUT2D eigenvalue weighted by molar-refractivity contribution is -0.130. The highest BCUT2D eigenvalue weighted by molar-refractivity contribution is 5.87. The number of rotatable bonds is 6. The maximum Gasteiger partial charge on any atom is 0.246 e. The van der Waals surface area contributed by atoms with Crippen molar-refractivity contribution < 1.29 is 13.9 Å². The van der Waals surface area contributed by atoms with E-state index < -0.39 is 12.3 Å². The van der Waals surface area contributed by atoms with Gasteiger partial charge >= 0.3 is 0 Å². The zero-order valence-corrected chi connectivity index (χ0v) is 16.3. The Hall–Kier alpha value is -3.43. The molecule has 3 aromatic heterocycles. The van der Waals surface area contributed by atoms with E-state index in [2.05, 4.69) is 31.9 Å². The van der Waals surface area contributed by atoms with Crippen LogP contribution in [0.5, 0.6) is 5.88 Å². The molecule has 1 aliphatic heterocycles. The number of fused-ring (bicyclic) bond motifs is 1. The van der Waals surface area contributed by atoms with Crippen LogP contribution in [0.2, 0.25) is 0 Å². The molecule has 30 heavy (non-hydrogen) atoms. The fraction of sp³-hybridized carbons (Fsp3) is 0.400. The van der Waals surface area contributed by atoms with Crippen LogP contribution in [0.4, 0.5) is 16.0 Å². The number of carbonyl (C=O) groups excluding carboxylic acids is 1. The monoisotopic (exact) mass is 411 g/mol. The smallest absolute Gasteiger partial charge is 0.246 e. The Morgan fingerprint density at radius 1 is 1.37 bits per heavy atom. The number of amides is 1. The first-order chi connectivity index (χ1) is 14.6. The van der Waals surface area contributed by atoms with Crippen molar-refractivity contribution in [3.63, 3.8) is 0 Å². The Kier molecular flexibility index (Phi) is 4.61. The lowest BCUT2D eigenvalue weighted by atomic mass is 10.1. The number of aromatic amines is 1. The molecule has 156 valence electrons. The van der Waals surface area contributed by atoms with Crippen LogP contribution in [0.25, 0.3) is 11.0 Å². The van der Waals surface area contributed by atoms with E-state index in [0.29, 0.717) is 29.6 Å². The largest absolute Gasteiger partial charge is 0.469 e. The van der Waals surface area contributed by atoms with Crippen molar-refractivity contribution in [3.8, 4) is 5.88 Å². The predicted molar refractivity (Wildman–Crippen MR) is 108 cm³/mol. The van der Waals surface area contributed by atoms with Crippen LogP contribution >= 0.6 is 0 Å². The summed E-state index contributed by atoms with van der Waals surface area (Å²) in [6.45, 7) is 3.98. The highest BCUT2D eigenvalue weighted by atomic mass is 19.1. The maximum atomic E-state index is 14.6. The van der Waals surface area contributed by atoms with Gasteiger partial charge in [0.2, 0.25) is 17.7 Å². The van der Waals surface area contributed by atoms with Crippen molar-refractivity contribution in [3.05, 3.63) is 37.3 Å². The first kappa shape index (κ1) is 18.6. The van der Waals surface area contributed by atoms with Gasteiger partial charge in [0.1, 0.15) is 17.9 Å². The van der Waals surface area contributed by atoms with Crippen LogP contribution in [0, 0.1) is 0 Å². The molecule has 1 aliphatic carbocycles. The van der Waals surface area contributed by atoms with Gasteiger partial charge in [0.25, 0.3) is 0 Å². The molecule has 0 spiro atoms. The van der Waals surface area contributed by atoms with Crippen molar-refractivity contribution in [2.45, 2.75) is 37.6 Å². The Labute approximate surface area is 171 Å². The average Bonchev–Trinajstić information content (AvgIpc) is 3.30. The molecular formula is C20H22FN7O2. The number of H-pyrrole nitrogens is 1. The second-order valence-corrected chi connectivity index (χ2v) is 7.61. The molecule has 2 N–H and O–H groups in total. The number of ether oxygens (including phenoxy) is 1. The van der Waals surface area contributed by atoms with Crippen LogP contribution in [0.3, 0.4) is 0 Å². The van der Waals surface area contributed by atoms with Crippen LogP contribution in [0.15, 0.2) is 37.3 Å². The summed E-state index contributed by atoms with van der Waals surface area (Å²) in [5, 5.41) is 8.13. The van der Waals surface area contributed by atoms with Gasteiger partial charge in [0, 0.05) is 18.9 Å². The summed E-state index contributed by atoms with van der Waals surface area (Å²) in [7, 11) is 0. The van der Waals surface area contributed by atoms with E-state index in [9.17, 15) is 9.18 Å². The van der Waals surface area contributed by atoms with Gasteiger partial charge in [-0.05, 0) is 31.4 Å². The number of hydrogen-bond donors (Lipinski definition) is 2. The third-order valence-corrected chi connectivity index (χ3v) is 5.39. The molecule has 0 unspecified atom stereocenters. The Morgan fingerprint density at radius 3 is 3.03 bits per heavy atom. The average molecular weight is 411 g/mol. The molecule has 9 nitrogen and oxygen atoms in total. The van der Waals surface area contributed by atoms with Crippen LogP contribution in [0.1, 0.15) is 25.3 Å². The highest BCUT2D eigenvalue weighted by Crippen LogP contribution is 2.35. The van der Waals surface area contributed by atoms with Crippen molar-refractivity contribution in [1.29, 1.82) is 0 Å². The number of hydrogen-bond acceptors (Lipinski definition) is 6. The fourth-order valence-electron chi connectivity index (χ4n) is 3.60. The first-order valence-corrected chi connectivity index (χ1v) is 9.99. The third kappa shape index (κ3) is 3.60. The van der Waals surface area contributed by atoms with Gasteiger partial charge in [-0.15, -0.1) is 0 Å². The lowest BCUT2D eigenvalue weighted by Crippen LogP contribution is -2.49. The van der Waals surface area contributed by atoms with Gasteiger partial charge in [-0.25, -0.2) is 4.39 Å². The van der Waals surface area contributed by atoms with Gasteiger partial charge in [-0.2, -0.15) is 15.1 Å². The van der Waals surface area contributed by atoms with Crippen molar-refractivity contribution >= 4 is 28.6 Å². The SMILES string of the molecule is C=CC(=O)N1CC[C@H](F)[C@H](Oc2nc(Nc3cnn(C4CC4)c3)nc3[nH]ccc23)C1. The number of likely N-dealkylation sites (tertiary alicyclic amines) is 1. The summed E-state index contributed by atoms with van der Waals surface area (Å²) < 4.78 is 22.5. The van der Waals surface area contributed by atoms with E-state index in [1.54, 1.807) is 18.5 Å². The van der Waals surface area contributed by atoms with Gasteiger partial charge in [-0.3, -0.25) is 9.48 Å². The molecule has 2 aliphatic rings. The molecule has 1 saturated heterocycles. The first-order valence-electron chi connectivity index (χ1n) is 9.99. The zero-order valence-electron chi connectivity index (χ0n) is 16.3. The van der Waals surface area contributed by atoms with Crippen molar-refractivity contribution in [1.82, 2.24) is 29.6 Å². The van der Waals surface area contributed by atoms with E-state index in [4.69, 9.17) is 4.74 Å². The van der Waals surface area contributed by atoms with Gasteiger partial charge < -0.3 is 19.9 Å². The topological polar surface area (TPSA) is 101 Å². The number of carbonyl (C=O) groups is 1. The number of halogens is 1. The Bertz CT molecular complexity index is 1090. The zero-order chi connectivity index (χ0) is 20.7. The summed E-state index contributed by atoms with van der Waals surface area (Å²) in [6.07, 6.45) is 7.06. The summed E-state index contributed by atoms with van der Waals surface area (Å²) in [5.41, 5.74) is 1.34. The molecule has 0 radical (unpaired) electrons. The summed E-state index contributed by atoms with van der Waals surface area (Å²) >= 11 is 0. The van der Waals surface area contributed by atoms with Gasteiger partial charge in [0.15, 0.2) is 0 Å². The Balaban J connectivity index is 1.39. The second kappa shape index (κ2) is 7.43. The lowest BCUT2D eigenvalue weighted by Gasteiger charge is -2.34. The van der Waals surface area contributed by atoms with E-state index in [0.717, 1.165) is 18.5 Å². The van der Waals surface area contributed by atoms with Gasteiger partial charge in [0.05, 0.1) is 29.9 Å². The predicted octanol–water partition coefficient (Wildman–Crippen LogP) is 2.74. The molecule has 2 atom stereocenters. The summed E-state index contributed by atoms with van der Waals surface area (Å²) in [6, 6.07) is 2.25. The van der Waals surface area contributed by atoms with E-state index in [1.165, 1.54) is 11.0 Å². The van der Waals surface area contributed by atoms with Crippen LogP contribution in [-0.4, -0.2) is 60.9 Å². The molecule has 4 heterocycles. The molecule has 1 saturated carbocycles. The molecule has 0 aromatic carbocycles. The quantitative estimate of drug-likeness (QED) is 0.605. The number of piperidine rings is 1. The summed E-state index contributed by atoms with van der Waals surface area (Å²) in [5.74, 6) is 0.347. The summed E-state index contributed by atoms with van der Waals surface area (Å²) in [4.78, 5) is 25.4. The molecule has 5 rings (SSSR count). The molecule has 2 fully saturated rings. The van der Waals surface area contributed by atoms with Crippen molar-refractivity contribution in [2.75, 3.05) is 18.4 Å². The Morgan fingerprint density at radius 2 is 2.23 bits per heavy atom. The number of nitrogens with one attached hydrogen (secondary N) is 2. The number of aromatic nitrogens is 5. The second-order valence-electron chi connectivity index (χ2n) is 7.61. The minimum absolute atomic E-state index is 0.138. The molecule has 3 aromatic rings. The van der Waals surface area contributed by atoms with Crippen LogP contribution < -0.4 is 10.1 Å². The van der Waals surface area contributed by atoms with Gasteiger partial charge in [-0.1, -0.05) is 6.58 Å². The maximum absolute atomic E-state index is 14.6. The highest BCUT2D eigenvalue weighted by Gasteiger charge is 2.33. The number of anilines is 2. The fourth-order valence-corrected chi connectivity index (χ4v) is 3.60. The normalized spacial score (nSPS) is 21.6.